The topological polar surface area (TPSA) is 81.4 Å². The van der Waals surface area contributed by atoms with Crippen molar-refractivity contribution < 1.29 is 14.3 Å². The minimum absolute atomic E-state index is 0.247. The van der Waals surface area contributed by atoms with Gasteiger partial charge in [0.1, 0.15) is 0 Å². The predicted octanol–water partition coefficient (Wildman–Crippen LogP) is 1.32. The number of amides is 1. The van der Waals surface area contributed by atoms with Gasteiger partial charge < -0.3 is 15.8 Å². The summed E-state index contributed by atoms with van der Waals surface area (Å²) in [7, 11) is 0. The Morgan fingerprint density at radius 1 is 1.32 bits per heavy atom. The lowest BCUT2D eigenvalue weighted by molar-refractivity contribution is -0.124. The Hall–Kier alpha value is -2.04. The lowest BCUT2D eigenvalue weighted by atomic mass is 10.0. The average molecular weight is 262 g/mol. The SMILES string of the molecule is Cc1cc(C)c(C(=O)OCC(=O)NC2CC2)cc1N. The molecule has 0 bridgehead atoms. The number of nitrogen functional groups attached to an aromatic ring is 1. The van der Waals surface area contributed by atoms with Gasteiger partial charge in [-0.3, -0.25) is 4.79 Å². The average Bonchev–Trinajstić information content (AvgIpc) is 3.14. The molecule has 0 spiro atoms. The number of ether oxygens (including phenoxy) is 1. The highest BCUT2D eigenvalue weighted by Gasteiger charge is 2.23. The first-order chi connectivity index (χ1) is 8.97. The van der Waals surface area contributed by atoms with Gasteiger partial charge in [0.25, 0.3) is 5.91 Å². The predicted molar refractivity (Wildman–Crippen MR) is 71.8 cm³/mol. The molecule has 1 aliphatic carbocycles. The van der Waals surface area contributed by atoms with Crippen molar-refractivity contribution in [1.82, 2.24) is 5.32 Å². The van der Waals surface area contributed by atoms with Crippen molar-refractivity contribution in [3.8, 4) is 0 Å². The van der Waals surface area contributed by atoms with Crippen molar-refractivity contribution in [1.29, 1.82) is 0 Å². The van der Waals surface area contributed by atoms with Gasteiger partial charge in [0.2, 0.25) is 0 Å². The molecule has 2 rings (SSSR count). The molecule has 1 amide bonds. The van der Waals surface area contributed by atoms with Gasteiger partial charge in [0.05, 0.1) is 5.56 Å². The van der Waals surface area contributed by atoms with E-state index >= 15 is 0 Å². The Bertz CT molecular complexity index is 522. The fourth-order valence-electron chi connectivity index (χ4n) is 1.79. The smallest absolute Gasteiger partial charge is 0.338 e. The molecular weight excluding hydrogens is 244 g/mol. The number of esters is 1. The van der Waals surface area contributed by atoms with Crippen LogP contribution in [0.3, 0.4) is 0 Å². The number of hydrogen-bond donors (Lipinski definition) is 2. The summed E-state index contributed by atoms with van der Waals surface area (Å²) >= 11 is 0. The van der Waals surface area contributed by atoms with Crippen LogP contribution in [0.25, 0.3) is 0 Å². The van der Waals surface area contributed by atoms with Crippen LogP contribution in [0.5, 0.6) is 0 Å². The number of carbonyl (C=O) groups is 2. The van der Waals surface area contributed by atoms with Crippen molar-refractivity contribution in [3.63, 3.8) is 0 Å². The van der Waals surface area contributed by atoms with Crippen LogP contribution in [0.2, 0.25) is 0 Å². The molecule has 5 heteroatoms. The molecule has 0 aromatic heterocycles. The molecule has 102 valence electrons. The minimum atomic E-state index is -0.518. The van der Waals surface area contributed by atoms with E-state index in [4.69, 9.17) is 10.5 Å². The second-order valence-corrected chi connectivity index (χ2v) is 4.94. The van der Waals surface area contributed by atoms with E-state index in [9.17, 15) is 9.59 Å². The standard InChI is InChI=1S/C14H18N2O3/c1-8-5-9(2)12(15)6-11(8)14(18)19-7-13(17)16-10-3-4-10/h5-6,10H,3-4,7,15H2,1-2H3,(H,16,17). The van der Waals surface area contributed by atoms with E-state index < -0.39 is 5.97 Å². The third kappa shape index (κ3) is 3.47. The molecule has 3 N–H and O–H groups in total. The number of anilines is 1. The number of nitrogens with one attached hydrogen (secondary N) is 1. The fraction of sp³-hybridized carbons (Fsp3) is 0.429. The first kappa shape index (κ1) is 13.4. The summed E-state index contributed by atoms with van der Waals surface area (Å²) in [5, 5.41) is 2.75. The van der Waals surface area contributed by atoms with E-state index in [2.05, 4.69) is 5.32 Å². The summed E-state index contributed by atoms with van der Waals surface area (Å²) in [6.07, 6.45) is 2.01. The Kier molecular flexibility index (Phi) is 3.74. The van der Waals surface area contributed by atoms with Crippen molar-refractivity contribution in [3.05, 3.63) is 28.8 Å². The normalized spacial score (nSPS) is 14.0. The fourth-order valence-corrected chi connectivity index (χ4v) is 1.79. The van der Waals surface area contributed by atoms with Crippen LogP contribution >= 0.6 is 0 Å². The Morgan fingerprint density at radius 2 is 2.00 bits per heavy atom. The molecule has 0 saturated heterocycles. The first-order valence-corrected chi connectivity index (χ1v) is 6.30. The van der Waals surface area contributed by atoms with E-state index in [1.54, 1.807) is 6.07 Å². The lowest BCUT2D eigenvalue weighted by Gasteiger charge is -2.09. The van der Waals surface area contributed by atoms with Gasteiger partial charge in [-0.05, 0) is 43.9 Å². The molecule has 0 aliphatic heterocycles. The third-order valence-electron chi connectivity index (χ3n) is 3.11. The van der Waals surface area contributed by atoms with E-state index in [1.165, 1.54) is 0 Å². The number of rotatable bonds is 4. The summed E-state index contributed by atoms with van der Waals surface area (Å²) < 4.78 is 4.99. The van der Waals surface area contributed by atoms with Crippen LogP contribution in [0.1, 0.15) is 34.3 Å². The molecule has 1 saturated carbocycles. The van der Waals surface area contributed by atoms with Crippen LogP contribution in [-0.4, -0.2) is 24.5 Å². The maximum absolute atomic E-state index is 11.9. The highest BCUT2D eigenvalue weighted by molar-refractivity contribution is 5.93. The minimum Gasteiger partial charge on any atom is -0.452 e. The van der Waals surface area contributed by atoms with Gasteiger partial charge in [0, 0.05) is 11.7 Å². The number of aryl methyl sites for hydroxylation is 2. The monoisotopic (exact) mass is 262 g/mol. The number of carbonyl (C=O) groups excluding carboxylic acids is 2. The molecule has 19 heavy (non-hydrogen) atoms. The molecule has 1 aromatic rings. The summed E-state index contributed by atoms with van der Waals surface area (Å²) in [4.78, 5) is 23.3. The van der Waals surface area contributed by atoms with Gasteiger partial charge in [-0.15, -0.1) is 0 Å². The molecule has 1 aliphatic rings. The lowest BCUT2D eigenvalue weighted by Crippen LogP contribution is -2.30. The summed E-state index contributed by atoms with van der Waals surface area (Å²) in [5.41, 5.74) is 8.43. The Morgan fingerprint density at radius 3 is 2.63 bits per heavy atom. The van der Waals surface area contributed by atoms with Gasteiger partial charge in [-0.1, -0.05) is 6.07 Å². The van der Waals surface area contributed by atoms with Crippen LogP contribution in [0, 0.1) is 13.8 Å². The molecule has 5 nitrogen and oxygen atoms in total. The molecule has 0 heterocycles. The Balaban J connectivity index is 1.95. The van der Waals surface area contributed by atoms with E-state index in [1.807, 2.05) is 19.9 Å². The molecule has 0 unspecified atom stereocenters. The van der Waals surface area contributed by atoms with Gasteiger partial charge >= 0.3 is 5.97 Å². The molecule has 0 atom stereocenters. The molecule has 0 radical (unpaired) electrons. The van der Waals surface area contributed by atoms with Crippen molar-refractivity contribution in [2.75, 3.05) is 12.3 Å². The largest absolute Gasteiger partial charge is 0.452 e. The van der Waals surface area contributed by atoms with E-state index in [0.29, 0.717) is 11.3 Å². The molecule has 1 fully saturated rings. The zero-order valence-corrected chi connectivity index (χ0v) is 11.2. The van der Waals surface area contributed by atoms with Crippen molar-refractivity contribution in [2.45, 2.75) is 32.7 Å². The maximum Gasteiger partial charge on any atom is 0.338 e. The zero-order valence-electron chi connectivity index (χ0n) is 11.2. The zero-order chi connectivity index (χ0) is 14.0. The van der Waals surface area contributed by atoms with Gasteiger partial charge in [-0.25, -0.2) is 4.79 Å². The summed E-state index contributed by atoms with van der Waals surface area (Å²) in [5.74, 6) is -0.774. The van der Waals surface area contributed by atoms with Crippen LogP contribution < -0.4 is 11.1 Å². The van der Waals surface area contributed by atoms with Crippen molar-refractivity contribution in [2.24, 2.45) is 0 Å². The van der Waals surface area contributed by atoms with Crippen LogP contribution in [0.15, 0.2) is 12.1 Å². The van der Waals surface area contributed by atoms with Gasteiger partial charge in [-0.2, -0.15) is 0 Å². The third-order valence-corrected chi connectivity index (χ3v) is 3.11. The second-order valence-electron chi connectivity index (χ2n) is 4.94. The molecule has 1 aromatic carbocycles. The maximum atomic E-state index is 11.9. The number of nitrogens with two attached hydrogens (primary N) is 1. The second kappa shape index (κ2) is 5.30. The summed E-state index contributed by atoms with van der Waals surface area (Å²) in [6.45, 7) is 3.44. The Labute approximate surface area is 112 Å². The van der Waals surface area contributed by atoms with Crippen LogP contribution in [0.4, 0.5) is 5.69 Å². The number of benzene rings is 1. The number of hydrogen-bond acceptors (Lipinski definition) is 4. The quantitative estimate of drug-likeness (QED) is 0.633. The van der Waals surface area contributed by atoms with Crippen LogP contribution in [-0.2, 0) is 9.53 Å². The van der Waals surface area contributed by atoms with E-state index in [0.717, 1.165) is 24.0 Å². The molecular formula is C14H18N2O3. The highest BCUT2D eigenvalue weighted by atomic mass is 16.5. The van der Waals surface area contributed by atoms with Gasteiger partial charge in [0.15, 0.2) is 6.61 Å². The van der Waals surface area contributed by atoms with Crippen molar-refractivity contribution >= 4 is 17.6 Å². The summed E-state index contributed by atoms with van der Waals surface area (Å²) in [6, 6.07) is 3.69. The highest BCUT2D eigenvalue weighted by Crippen LogP contribution is 2.19. The van der Waals surface area contributed by atoms with E-state index in [-0.39, 0.29) is 18.6 Å². The first-order valence-electron chi connectivity index (χ1n) is 6.30.